The molecule has 0 aliphatic carbocycles. The molecule has 5 heteroatoms. The summed E-state index contributed by atoms with van der Waals surface area (Å²) in [7, 11) is 0. The van der Waals surface area contributed by atoms with Crippen LogP contribution in [0.15, 0.2) is 30.3 Å². The van der Waals surface area contributed by atoms with Gasteiger partial charge in [-0.1, -0.05) is 30.3 Å². The number of hydrogen-bond acceptors (Lipinski definition) is 2. The van der Waals surface area contributed by atoms with Gasteiger partial charge in [0.05, 0.1) is 5.60 Å². The van der Waals surface area contributed by atoms with E-state index in [-0.39, 0.29) is 12.1 Å². The first-order valence-electron chi connectivity index (χ1n) is 6.25. The molecule has 0 aromatic heterocycles. The molecule has 1 N–H and O–H groups in total. The molecular weight excluding hydrogens is 255 g/mol. The quantitative estimate of drug-likeness (QED) is 0.854. The number of nitrogens with one attached hydrogen (secondary N) is 1. The SMILES string of the molecule is CCOC(C)(C)CNC(c1ccccc1)C(F)(F)F. The summed E-state index contributed by atoms with van der Waals surface area (Å²) in [5.74, 6) is 0. The van der Waals surface area contributed by atoms with Gasteiger partial charge in [0.2, 0.25) is 0 Å². The Balaban J connectivity index is 2.78. The van der Waals surface area contributed by atoms with Gasteiger partial charge in [-0.05, 0) is 26.3 Å². The molecule has 2 nitrogen and oxygen atoms in total. The first-order chi connectivity index (χ1) is 8.76. The van der Waals surface area contributed by atoms with Gasteiger partial charge >= 0.3 is 6.18 Å². The second-order valence-electron chi connectivity index (χ2n) is 4.96. The predicted molar refractivity (Wildman–Crippen MR) is 68.9 cm³/mol. The second kappa shape index (κ2) is 6.39. The maximum atomic E-state index is 13.1. The van der Waals surface area contributed by atoms with Crippen LogP contribution in [-0.2, 0) is 4.74 Å². The first-order valence-corrected chi connectivity index (χ1v) is 6.25. The number of benzene rings is 1. The Bertz CT molecular complexity index is 376. The third-order valence-electron chi connectivity index (χ3n) is 2.73. The lowest BCUT2D eigenvalue weighted by Crippen LogP contribution is -2.43. The summed E-state index contributed by atoms with van der Waals surface area (Å²) in [6.45, 7) is 5.95. The fourth-order valence-electron chi connectivity index (χ4n) is 1.86. The molecule has 0 spiro atoms. The van der Waals surface area contributed by atoms with Crippen LogP contribution in [0, 0.1) is 0 Å². The van der Waals surface area contributed by atoms with E-state index >= 15 is 0 Å². The average Bonchev–Trinajstić information content (AvgIpc) is 2.28. The van der Waals surface area contributed by atoms with E-state index in [4.69, 9.17) is 4.74 Å². The highest BCUT2D eigenvalue weighted by Crippen LogP contribution is 2.32. The Hall–Kier alpha value is -1.07. The summed E-state index contributed by atoms with van der Waals surface area (Å²) >= 11 is 0. The molecule has 1 aromatic rings. The van der Waals surface area contributed by atoms with Crippen molar-refractivity contribution in [2.75, 3.05) is 13.2 Å². The molecule has 0 bridgehead atoms. The van der Waals surface area contributed by atoms with Gasteiger partial charge in [0.1, 0.15) is 6.04 Å². The Kier molecular flexibility index (Phi) is 5.38. The summed E-state index contributed by atoms with van der Waals surface area (Å²) in [6, 6.07) is 6.17. The van der Waals surface area contributed by atoms with E-state index in [2.05, 4.69) is 5.32 Å². The molecular formula is C14H20F3NO. The van der Waals surface area contributed by atoms with Gasteiger partial charge in [0.25, 0.3) is 0 Å². The van der Waals surface area contributed by atoms with E-state index < -0.39 is 17.8 Å². The van der Waals surface area contributed by atoms with Crippen molar-refractivity contribution in [1.82, 2.24) is 5.32 Å². The van der Waals surface area contributed by atoms with E-state index in [1.165, 1.54) is 12.1 Å². The zero-order valence-corrected chi connectivity index (χ0v) is 11.4. The Morgan fingerprint density at radius 2 is 1.74 bits per heavy atom. The molecule has 1 rings (SSSR count). The predicted octanol–water partition coefficient (Wildman–Crippen LogP) is 3.69. The molecule has 1 atom stereocenters. The monoisotopic (exact) mass is 275 g/mol. The average molecular weight is 275 g/mol. The van der Waals surface area contributed by atoms with Crippen LogP contribution in [0.1, 0.15) is 32.4 Å². The van der Waals surface area contributed by atoms with Gasteiger partial charge < -0.3 is 4.74 Å². The molecule has 0 heterocycles. The number of hydrogen-bond donors (Lipinski definition) is 1. The van der Waals surface area contributed by atoms with Crippen LogP contribution in [0.3, 0.4) is 0 Å². The summed E-state index contributed by atoms with van der Waals surface area (Å²) in [6.07, 6.45) is -4.33. The van der Waals surface area contributed by atoms with Gasteiger partial charge in [-0.2, -0.15) is 13.2 Å². The number of alkyl halides is 3. The van der Waals surface area contributed by atoms with Crippen LogP contribution in [0.5, 0.6) is 0 Å². The number of halogens is 3. The van der Waals surface area contributed by atoms with E-state index in [1.807, 2.05) is 6.92 Å². The Morgan fingerprint density at radius 3 is 2.21 bits per heavy atom. The lowest BCUT2D eigenvalue weighted by Gasteiger charge is -2.29. The van der Waals surface area contributed by atoms with Crippen molar-refractivity contribution in [3.8, 4) is 0 Å². The summed E-state index contributed by atoms with van der Waals surface area (Å²) in [5, 5.41) is 2.55. The minimum atomic E-state index is -4.33. The maximum Gasteiger partial charge on any atom is 0.407 e. The van der Waals surface area contributed by atoms with Crippen molar-refractivity contribution in [1.29, 1.82) is 0 Å². The zero-order chi connectivity index (χ0) is 14.5. The van der Waals surface area contributed by atoms with E-state index in [9.17, 15) is 13.2 Å². The van der Waals surface area contributed by atoms with Crippen LogP contribution in [0.4, 0.5) is 13.2 Å². The summed E-state index contributed by atoms with van der Waals surface area (Å²) in [4.78, 5) is 0. The van der Waals surface area contributed by atoms with Crippen LogP contribution >= 0.6 is 0 Å². The van der Waals surface area contributed by atoms with Crippen LogP contribution in [0.2, 0.25) is 0 Å². The third kappa shape index (κ3) is 5.20. The van der Waals surface area contributed by atoms with Crippen molar-refractivity contribution >= 4 is 0 Å². The second-order valence-corrected chi connectivity index (χ2v) is 4.96. The minimum absolute atomic E-state index is 0.125. The molecule has 108 valence electrons. The maximum absolute atomic E-state index is 13.1. The van der Waals surface area contributed by atoms with Crippen molar-refractivity contribution in [2.45, 2.75) is 38.6 Å². The normalized spacial score (nSPS) is 14.4. The molecule has 0 amide bonds. The zero-order valence-electron chi connectivity index (χ0n) is 11.4. The molecule has 0 fully saturated rings. The molecule has 0 aliphatic rings. The van der Waals surface area contributed by atoms with Crippen LogP contribution < -0.4 is 5.32 Å². The number of ether oxygens (including phenoxy) is 1. The Morgan fingerprint density at radius 1 is 1.16 bits per heavy atom. The summed E-state index contributed by atoms with van der Waals surface area (Å²) < 4.78 is 44.6. The van der Waals surface area contributed by atoms with Gasteiger partial charge in [-0.3, -0.25) is 5.32 Å². The van der Waals surface area contributed by atoms with Gasteiger partial charge in [0.15, 0.2) is 0 Å². The fraction of sp³-hybridized carbons (Fsp3) is 0.571. The minimum Gasteiger partial charge on any atom is -0.375 e. The molecule has 0 saturated carbocycles. The van der Waals surface area contributed by atoms with Crippen LogP contribution in [0.25, 0.3) is 0 Å². The molecule has 0 saturated heterocycles. The van der Waals surface area contributed by atoms with Crippen LogP contribution in [-0.4, -0.2) is 24.9 Å². The lowest BCUT2D eigenvalue weighted by atomic mass is 10.0. The summed E-state index contributed by atoms with van der Waals surface area (Å²) in [5.41, 5.74) is -0.421. The highest BCUT2D eigenvalue weighted by Gasteiger charge is 2.41. The highest BCUT2D eigenvalue weighted by atomic mass is 19.4. The van der Waals surface area contributed by atoms with Crippen molar-refractivity contribution in [3.05, 3.63) is 35.9 Å². The van der Waals surface area contributed by atoms with Crippen molar-refractivity contribution in [2.24, 2.45) is 0 Å². The third-order valence-corrected chi connectivity index (χ3v) is 2.73. The van der Waals surface area contributed by atoms with Crippen molar-refractivity contribution in [3.63, 3.8) is 0 Å². The van der Waals surface area contributed by atoms with Gasteiger partial charge in [0, 0.05) is 13.2 Å². The standard InChI is InChI=1S/C14H20F3NO/c1-4-19-13(2,3)10-18-12(14(15,16)17)11-8-6-5-7-9-11/h5-9,12,18H,4,10H2,1-3H3. The molecule has 1 unspecified atom stereocenters. The van der Waals surface area contributed by atoms with E-state index in [1.54, 1.807) is 32.0 Å². The Labute approximate surface area is 112 Å². The molecule has 19 heavy (non-hydrogen) atoms. The van der Waals surface area contributed by atoms with E-state index in [0.717, 1.165) is 0 Å². The van der Waals surface area contributed by atoms with Gasteiger partial charge in [-0.15, -0.1) is 0 Å². The molecule has 0 radical (unpaired) electrons. The topological polar surface area (TPSA) is 21.3 Å². The fourth-order valence-corrected chi connectivity index (χ4v) is 1.86. The largest absolute Gasteiger partial charge is 0.407 e. The van der Waals surface area contributed by atoms with E-state index in [0.29, 0.717) is 6.61 Å². The van der Waals surface area contributed by atoms with Gasteiger partial charge in [-0.25, -0.2) is 0 Å². The van der Waals surface area contributed by atoms with Crippen molar-refractivity contribution < 1.29 is 17.9 Å². The first kappa shape index (κ1) is 16.0. The highest BCUT2D eigenvalue weighted by molar-refractivity contribution is 5.20. The lowest BCUT2D eigenvalue weighted by molar-refractivity contribution is -0.160. The molecule has 0 aliphatic heterocycles. The molecule has 1 aromatic carbocycles. The smallest absolute Gasteiger partial charge is 0.375 e. The number of rotatable bonds is 6.